The molecule has 1 unspecified atom stereocenters. The second-order valence-corrected chi connectivity index (χ2v) is 21.0. The number of Topliss-reactive ketones (excluding diaryl/α,β-unsaturated/α-hetero) is 3. The normalized spacial score (nSPS) is 18.3. The van der Waals surface area contributed by atoms with E-state index in [2.05, 4.69) is 21.3 Å². The van der Waals surface area contributed by atoms with Gasteiger partial charge in [-0.2, -0.15) is 0 Å². The molecule has 1 aliphatic carbocycles. The summed E-state index contributed by atoms with van der Waals surface area (Å²) in [6, 6.07) is 10.2. The Morgan fingerprint density at radius 3 is 2.23 bits per heavy atom. The van der Waals surface area contributed by atoms with Crippen LogP contribution in [0.4, 0.5) is 4.39 Å². The summed E-state index contributed by atoms with van der Waals surface area (Å²) in [6.45, 7) is 4.47. The van der Waals surface area contributed by atoms with Gasteiger partial charge in [-0.15, -0.1) is 0 Å². The molecule has 0 saturated carbocycles. The number of likely N-dealkylation sites (tertiary alicyclic amines) is 1. The fraction of sp³-hybridized carbons (Fsp3) is 0.483. The van der Waals surface area contributed by atoms with Crippen molar-refractivity contribution in [2.75, 3.05) is 19.6 Å². The number of aromatic nitrogens is 2. The fourth-order valence-corrected chi connectivity index (χ4v) is 11.0. The van der Waals surface area contributed by atoms with Crippen LogP contribution in [0.25, 0.3) is 22.3 Å². The first-order chi connectivity index (χ1) is 37.8. The minimum Gasteiger partial charge on any atom is -0.458 e. The number of cyclic esters (lactones) is 1. The minimum atomic E-state index is -2.04. The highest BCUT2D eigenvalue weighted by atomic mass is 19.1. The number of rotatable bonds is 26. The smallest absolute Gasteiger partial charge is 0.343 e. The topological polar surface area (TPSA) is 286 Å². The predicted molar refractivity (Wildman–Crippen MR) is 283 cm³/mol. The molecular formula is C58H66FN7O13. The second-order valence-electron chi connectivity index (χ2n) is 21.0. The number of imide groups is 1. The summed E-state index contributed by atoms with van der Waals surface area (Å²) in [6.07, 6.45) is 2.07. The van der Waals surface area contributed by atoms with Gasteiger partial charge in [0.1, 0.15) is 12.4 Å². The molecule has 3 aliphatic heterocycles. The summed E-state index contributed by atoms with van der Waals surface area (Å²) in [5, 5.41) is 22.9. The molecule has 20 nitrogen and oxygen atoms in total. The van der Waals surface area contributed by atoms with Gasteiger partial charge in [0.15, 0.2) is 23.0 Å². The lowest BCUT2D eigenvalue weighted by Gasteiger charge is -2.31. The summed E-state index contributed by atoms with van der Waals surface area (Å²) in [7, 11) is 0. The molecule has 5 N–H and O–H groups in total. The molecular weight excluding hydrogens is 1020 g/mol. The van der Waals surface area contributed by atoms with Crippen LogP contribution in [0, 0.1) is 18.7 Å². The molecule has 21 heteroatoms. The van der Waals surface area contributed by atoms with E-state index in [0.29, 0.717) is 77.6 Å². The monoisotopic (exact) mass is 1090 g/mol. The number of unbranched alkanes of at least 4 members (excludes halogenated alkanes) is 2. The number of ketones is 3. The number of hydrogen-bond acceptors (Lipinski definition) is 14. The zero-order valence-corrected chi connectivity index (χ0v) is 44.7. The van der Waals surface area contributed by atoms with E-state index in [0.717, 1.165) is 11.1 Å². The van der Waals surface area contributed by atoms with Gasteiger partial charge in [0.2, 0.25) is 35.4 Å². The number of esters is 1. The lowest BCUT2D eigenvalue weighted by atomic mass is 9.81. The van der Waals surface area contributed by atoms with Gasteiger partial charge in [0, 0.05) is 86.4 Å². The highest BCUT2D eigenvalue weighted by Gasteiger charge is 2.46. The van der Waals surface area contributed by atoms with Crippen LogP contribution in [0.1, 0.15) is 149 Å². The Morgan fingerprint density at radius 1 is 0.823 bits per heavy atom. The summed E-state index contributed by atoms with van der Waals surface area (Å²) < 4.78 is 22.1. The number of carbonyl (C=O) groups is 10. The number of pyridine rings is 2. The number of benzene rings is 2. The Labute approximate surface area is 455 Å². The van der Waals surface area contributed by atoms with Crippen LogP contribution in [0.3, 0.4) is 0 Å². The van der Waals surface area contributed by atoms with E-state index in [1.807, 2.05) is 0 Å². The third-order valence-electron chi connectivity index (χ3n) is 15.5. The molecule has 4 aromatic rings. The van der Waals surface area contributed by atoms with Crippen molar-refractivity contribution in [3.8, 4) is 11.4 Å². The minimum absolute atomic E-state index is 0.0389. The van der Waals surface area contributed by atoms with Crippen LogP contribution in [0.5, 0.6) is 0 Å². The molecule has 5 heterocycles. The van der Waals surface area contributed by atoms with Crippen LogP contribution in [0.15, 0.2) is 47.3 Å². The number of aryl methyl sites for hydroxylation is 1. The van der Waals surface area contributed by atoms with Crippen molar-refractivity contribution in [3.63, 3.8) is 0 Å². The summed E-state index contributed by atoms with van der Waals surface area (Å²) in [4.78, 5) is 148. The van der Waals surface area contributed by atoms with Crippen molar-refractivity contribution < 1.29 is 62.2 Å². The Morgan fingerprint density at radius 2 is 1.52 bits per heavy atom. The number of fused-ring (bicyclic) bond motifs is 5. The molecule has 79 heavy (non-hydrogen) atoms. The highest BCUT2D eigenvalue weighted by Crippen LogP contribution is 2.46. The molecule has 1 saturated heterocycles. The lowest BCUT2D eigenvalue weighted by molar-refractivity contribution is -0.172. The molecule has 0 radical (unpaired) electrons. The molecule has 6 amide bonds. The van der Waals surface area contributed by atoms with E-state index in [-0.39, 0.29) is 149 Å². The molecule has 4 atom stereocenters. The Kier molecular flexibility index (Phi) is 18.1. The van der Waals surface area contributed by atoms with Gasteiger partial charge < -0.3 is 35.7 Å². The third kappa shape index (κ3) is 12.9. The van der Waals surface area contributed by atoms with Crippen molar-refractivity contribution in [1.29, 1.82) is 0 Å². The van der Waals surface area contributed by atoms with Crippen molar-refractivity contribution in [2.24, 2.45) is 5.92 Å². The number of amides is 6. The van der Waals surface area contributed by atoms with E-state index in [1.54, 1.807) is 57.2 Å². The van der Waals surface area contributed by atoms with Gasteiger partial charge >= 0.3 is 5.97 Å². The van der Waals surface area contributed by atoms with Crippen molar-refractivity contribution in [2.45, 2.75) is 154 Å². The zero-order chi connectivity index (χ0) is 56.7. The quantitative estimate of drug-likeness (QED) is 0.0298. The summed E-state index contributed by atoms with van der Waals surface area (Å²) >= 11 is 0. The Hall–Kier alpha value is -7.81. The first-order valence-corrected chi connectivity index (χ1v) is 27.2. The Bertz CT molecular complexity index is 3210. The number of carbonyl (C=O) groups excluding carboxylic acids is 10. The summed E-state index contributed by atoms with van der Waals surface area (Å²) in [5.41, 5.74) is 2.13. The van der Waals surface area contributed by atoms with Gasteiger partial charge in [-0.3, -0.25) is 52.8 Å². The number of halogens is 1. The molecule has 418 valence electrons. The zero-order valence-electron chi connectivity index (χ0n) is 44.7. The molecule has 2 aromatic heterocycles. The van der Waals surface area contributed by atoms with E-state index >= 15 is 4.39 Å². The summed E-state index contributed by atoms with van der Waals surface area (Å²) in [5.74, 6) is -5.00. The van der Waals surface area contributed by atoms with Crippen LogP contribution < -0.4 is 26.8 Å². The average Bonchev–Trinajstić information content (AvgIpc) is 3.51. The van der Waals surface area contributed by atoms with E-state index in [1.165, 1.54) is 15.5 Å². The molecule has 2 aromatic carbocycles. The van der Waals surface area contributed by atoms with E-state index < -0.39 is 52.6 Å². The van der Waals surface area contributed by atoms with Crippen LogP contribution >= 0.6 is 0 Å². The molecule has 4 aliphatic rings. The Balaban J connectivity index is 0.779. The van der Waals surface area contributed by atoms with Crippen LogP contribution in [-0.2, 0) is 84.3 Å². The number of nitrogens with one attached hydrogen (secondary N) is 4. The second kappa shape index (κ2) is 24.9. The average molecular weight is 1090 g/mol. The van der Waals surface area contributed by atoms with Gasteiger partial charge in [-0.25, -0.2) is 14.2 Å². The van der Waals surface area contributed by atoms with E-state index in [9.17, 15) is 57.8 Å². The van der Waals surface area contributed by atoms with Gasteiger partial charge in [-0.1, -0.05) is 50.6 Å². The van der Waals surface area contributed by atoms with Gasteiger partial charge in [0.25, 0.3) is 5.56 Å². The van der Waals surface area contributed by atoms with E-state index in [4.69, 9.17) is 9.72 Å². The maximum atomic E-state index is 15.4. The number of aliphatic hydroxyl groups is 1. The van der Waals surface area contributed by atoms with Crippen molar-refractivity contribution in [3.05, 3.63) is 97.6 Å². The van der Waals surface area contributed by atoms with Crippen LogP contribution in [-0.4, -0.2) is 104 Å². The first kappa shape index (κ1) is 57.4. The van der Waals surface area contributed by atoms with Gasteiger partial charge in [-0.05, 0) is 80.2 Å². The number of ether oxygens (including phenoxy) is 1. The molecule has 0 bridgehead atoms. The maximum absolute atomic E-state index is 15.4. The SMILES string of the molecule is CC[C@@]1(O)C(=O)OCc2c1cc1n(c2=O)Cc2c-1nc1cc(F)c(C)c3c1c2[C@@H](NC(=O)CCCC(=O)CNC(=O)CCC(=O)[C@H](Cc1ccccc1)NC(=O)CCC(=O)CNC(=O)CCCCCN1C(=O)CC(C)C1=O)CC3. The largest absolute Gasteiger partial charge is 0.458 e. The third-order valence-corrected chi connectivity index (χ3v) is 15.5. The fourth-order valence-electron chi connectivity index (χ4n) is 11.0. The molecule has 1 fully saturated rings. The van der Waals surface area contributed by atoms with Crippen LogP contribution in [0.2, 0.25) is 0 Å². The predicted octanol–water partition coefficient (Wildman–Crippen LogP) is 3.98. The maximum Gasteiger partial charge on any atom is 0.343 e. The van der Waals surface area contributed by atoms with Gasteiger partial charge in [0.05, 0.1) is 54.2 Å². The number of nitrogens with zero attached hydrogens (tertiary/aromatic N) is 3. The standard InChI is InChI=1S/C58H66FN7O13/c1-4-58(78)40-26-45-54-38(30-66(45)56(76)39(40)31-79-57(58)77)53-42(19-18-37-33(3)41(59)27-44(64-54)52(37)53)62-49(72)16-11-14-35(67)28-61-48(71)22-20-46(69)43(25-34-12-7-5-8-13-34)63-50(73)21-17-36(68)29-60-47(70)15-9-6-10-23-65-51(74)24-32(2)55(65)75/h5,7-8,12-13,26-27,32,42-43,78H,4,6,9-11,14-25,28-31H2,1-3H3,(H,60,70)(H,61,71)(H,62,72)(H,63,73)/t32?,42-,43-,58-/m0/s1. The molecule has 8 rings (SSSR count). The lowest BCUT2D eigenvalue weighted by Crippen LogP contribution is -2.44. The first-order valence-electron chi connectivity index (χ1n) is 27.2. The highest BCUT2D eigenvalue weighted by molar-refractivity contribution is 6.03. The van der Waals surface area contributed by atoms with Crippen molar-refractivity contribution >= 4 is 69.7 Å². The molecule has 0 spiro atoms. The number of hydrogen-bond donors (Lipinski definition) is 5. The van der Waals surface area contributed by atoms with Crippen molar-refractivity contribution in [1.82, 2.24) is 35.7 Å².